The minimum atomic E-state index is -3.58. The van der Waals surface area contributed by atoms with Gasteiger partial charge in [0, 0.05) is 24.9 Å². The first-order valence-electron chi connectivity index (χ1n) is 9.87. The van der Waals surface area contributed by atoms with E-state index in [9.17, 15) is 8.42 Å². The molecule has 0 unspecified atom stereocenters. The van der Waals surface area contributed by atoms with Crippen LogP contribution in [0.15, 0.2) is 35.4 Å². The van der Waals surface area contributed by atoms with Crippen LogP contribution in [-0.4, -0.2) is 51.1 Å². The van der Waals surface area contributed by atoms with Crippen molar-refractivity contribution in [3.05, 3.63) is 41.9 Å². The molecule has 0 aliphatic carbocycles. The Labute approximate surface area is 169 Å². The first kappa shape index (κ1) is 18.5. The van der Waals surface area contributed by atoms with E-state index < -0.39 is 10.0 Å². The number of aromatic nitrogens is 4. The first-order chi connectivity index (χ1) is 13.9. The number of benzene rings is 1. The second-order valence-corrected chi connectivity index (χ2v) is 9.67. The Kier molecular flexibility index (Phi) is 4.32. The van der Waals surface area contributed by atoms with Crippen LogP contribution in [-0.2, 0) is 10.0 Å². The van der Waals surface area contributed by atoms with Gasteiger partial charge >= 0.3 is 0 Å². The number of ether oxygens (including phenoxy) is 1. The molecule has 2 saturated heterocycles. The van der Waals surface area contributed by atoms with Gasteiger partial charge in [0.05, 0.1) is 28.6 Å². The number of rotatable bonds is 4. The van der Waals surface area contributed by atoms with Gasteiger partial charge in [0.1, 0.15) is 11.0 Å². The van der Waals surface area contributed by atoms with Crippen LogP contribution < -0.4 is 4.74 Å². The highest BCUT2D eigenvalue weighted by Crippen LogP contribution is 2.41. The third-order valence-corrected chi connectivity index (χ3v) is 8.20. The van der Waals surface area contributed by atoms with E-state index >= 15 is 0 Å². The molecule has 8 nitrogen and oxygen atoms in total. The molecule has 1 N–H and O–H groups in total. The second-order valence-electron chi connectivity index (χ2n) is 7.89. The van der Waals surface area contributed by atoms with Crippen molar-refractivity contribution in [1.82, 2.24) is 24.5 Å². The summed E-state index contributed by atoms with van der Waals surface area (Å²) < 4.78 is 34.6. The lowest BCUT2D eigenvalue weighted by atomic mass is 10.0. The van der Waals surface area contributed by atoms with Gasteiger partial charge in [-0.15, -0.1) is 0 Å². The summed E-state index contributed by atoms with van der Waals surface area (Å²) in [6.07, 6.45) is 4.58. The SMILES string of the molecule is Cc1n[nH]c(C)c1S(=O)(=O)N1[C@@H]2CC[C@H]1C[C@@H](Oc1cnc3ccccc3n1)C2. The van der Waals surface area contributed by atoms with Crippen molar-refractivity contribution in [2.75, 3.05) is 0 Å². The van der Waals surface area contributed by atoms with E-state index in [0.717, 1.165) is 23.9 Å². The number of aryl methyl sites for hydroxylation is 2. The highest BCUT2D eigenvalue weighted by molar-refractivity contribution is 7.89. The number of hydrogen-bond acceptors (Lipinski definition) is 6. The monoisotopic (exact) mass is 413 g/mol. The number of nitrogens with one attached hydrogen (secondary N) is 1. The molecular weight excluding hydrogens is 390 g/mol. The van der Waals surface area contributed by atoms with Gasteiger partial charge in [-0.3, -0.25) is 5.10 Å². The summed E-state index contributed by atoms with van der Waals surface area (Å²) in [6, 6.07) is 7.54. The zero-order valence-electron chi connectivity index (χ0n) is 16.4. The lowest BCUT2D eigenvalue weighted by Crippen LogP contribution is -2.49. The maximum atomic E-state index is 13.4. The Bertz CT molecular complexity index is 1140. The van der Waals surface area contributed by atoms with Crippen LogP contribution in [0.3, 0.4) is 0 Å². The van der Waals surface area contributed by atoms with Crippen LogP contribution in [0, 0.1) is 13.8 Å². The summed E-state index contributed by atoms with van der Waals surface area (Å²) in [5, 5.41) is 6.87. The van der Waals surface area contributed by atoms with Crippen molar-refractivity contribution >= 4 is 21.1 Å². The Balaban J connectivity index is 1.37. The average molecular weight is 414 g/mol. The number of para-hydroxylation sites is 2. The molecule has 2 aliphatic heterocycles. The molecule has 5 rings (SSSR count). The molecule has 2 aromatic heterocycles. The third kappa shape index (κ3) is 3.08. The second kappa shape index (κ2) is 6.77. The van der Waals surface area contributed by atoms with Crippen molar-refractivity contribution in [3.63, 3.8) is 0 Å². The molecule has 29 heavy (non-hydrogen) atoms. The fourth-order valence-corrected chi connectivity index (χ4v) is 7.00. The van der Waals surface area contributed by atoms with E-state index in [1.165, 1.54) is 0 Å². The topological polar surface area (TPSA) is 101 Å². The van der Waals surface area contributed by atoms with Gasteiger partial charge in [-0.1, -0.05) is 12.1 Å². The Morgan fingerprint density at radius 1 is 1.10 bits per heavy atom. The number of aromatic amines is 1. The molecule has 1 aromatic carbocycles. The van der Waals surface area contributed by atoms with Crippen LogP contribution in [0.1, 0.15) is 37.1 Å². The molecule has 0 saturated carbocycles. The number of fused-ring (bicyclic) bond motifs is 3. The third-order valence-electron chi connectivity index (χ3n) is 5.93. The molecule has 0 spiro atoms. The zero-order chi connectivity index (χ0) is 20.2. The summed E-state index contributed by atoms with van der Waals surface area (Å²) in [6.45, 7) is 3.48. The van der Waals surface area contributed by atoms with Crippen molar-refractivity contribution in [2.24, 2.45) is 0 Å². The van der Waals surface area contributed by atoms with Gasteiger partial charge in [-0.05, 0) is 38.8 Å². The molecular formula is C20H23N5O3S. The van der Waals surface area contributed by atoms with Crippen LogP contribution in [0.2, 0.25) is 0 Å². The normalized spacial score (nSPS) is 24.8. The molecule has 3 atom stereocenters. The smallest absolute Gasteiger partial charge is 0.247 e. The van der Waals surface area contributed by atoms with Crippen LogP contribution in [0.5, 0.6) is 5.88 Å². The zero-order valence-corrected chi connectivity index (χ0v) is 17.2. The number of H-pyrrole nitrogens is 1. The average Bonchev–Trinajstić information content (AvgIpc) is 3.18. The lowest BCUT2D eigenvalue weighted by Gasteiger charge is -2.37. The molecule has 2 aliphatic rings. The van der Waals surface area contributed by atoms with Crippen molar-refractivity contribution in [2.45, 2.75) is 62.6 Å². The Morgan fingerprint density at radius 2 is 1.79 bits per heavy atom. The molecule has 2 fully saturated rings. The van der Waals surface area contributed by atoms with Gasteiger partial charge in [-0.2, -0.15) is 9.40 Å². The van der Waals surface area contributed by atoms with Crippen LogP contribution in [0.25, 0.3) is 11.0 Å². The van der Waals surface area contributed by atoms with Crippen LogP contribution in [0.4, 0.5) is 0 Å². The van der Waals surface area contributed by atoms with E-state index in [0.29, 0.717) is 35.0 Å². The van der Waals surface area contributed by atoms with Gasteiger partial charge in [0.15, 0.2) is 0 Å². The van der Waals surface area contributed by atoms with Gasteiger partial charge < -0.3 is 4.74 Å². The van der Waals surface area contributed by atoms with Crippen LogP contribution >= 0.6 is 0 Å². The molecule has 4 heterocycles. The summed E-state index contributed by atoms with van der Waals surface area (Å²) in [4.78, 5) is 9.26. The first-order valence-corrected chi connectivity index (χ1v) is 11.3. The highest BCUT2D eigenvalue weighted by atomic mass is 32.2. The van der Waals surface area contributed by atoms with E-state index in [2.05, 4.69) is 20.2 Å². The maximum absolute atomic E-state index is 13.4. The van der Waals surface area contributed by atoms with Crippen molar-refractivity contribution in [3.8, 4) is 5.88 Å². The van der Waals surface area contributed by atoms with Gasteiger partial charge in [0.25, 0.3) is 0 Å². The quantitative estimate of drug-likeness (QED) is 0.706. The Morgan fingerprint density at radius 3 is 2.45 bits per heavy atom. The predicted octanol–water partition coefficient (Wildman–Crippen LogP) is 2.73. The summed E-state index contributed by atoms with van der Waals surface area (Å²) in [5.41, 5.74) is 2.73. The van der Waals surface area contributed by atoms with E-state index in [1.54, 1.807) is 24.3 Å². The molecule has 152 valence electrons. The Hall–Kier alpha value is -2.52. The molecule has 0 amide bonds. The minimum Gasteiger partial charge on any atom is -0.473 e. The number of piperidine rings is 1. The van der Waals surface area contributed by atoms with E-state index in [4.69, 9.17) is 4.74 Å². The maximum Gasteiger partial charge on any atom is 0.247 e. The van der Waals surface area contributed by atoms with Crippen molar-refractivity contribution < 1.29 is 13.2 Å². The summed E-state index contributed by atoms with van der Waals surface area (Å²) >= 11 is 0. The van der Waals surface area contributed by atoms with E-state index in [1.807, 2.05) is 24.3 Å². The minimum absolute atomic E-state index is 0.0640. The number of hydrogen-bond donors (Lipinski definition) is 1. The molecule has 9 heteroatoms. The largest absolute Gasteiger partial charge is 0.473 e. The van der Waals surface area contributed by atoms with Gasteiger partial charge in [-0.25, -0.2) is 18.4 Å². The lowest BCUT2D eigenvalue weighted by molar-refractivity contribution is 0.0918. The highest BCUT2D eigenvalue weighted by Gasteiger charge is 2.49. The van der Waals surface area contributed by atoms with Crippen molar-refractivity contribution in [1.29, 1.82) is 0 Å². The predicted molar refractivity (Wildman–Crippen MR) is 107 cm³/mol. The molecule has 3 aromatic rings. The fourth-order valence-electron chi connectivity index (χ4n) is 4.77. The summed E-state index contributed by atoms with van der Waals surface area (Å²) in [7, 11) is -3.58. The van der Waals surface area contributed by atoms with E-state index in [-0.39, 0.29) is 18.2 Å². The fraction of sp³-hybridized carbons (Fsp3) is 0.450. The standard InChI is InChI=1S/C20H23N5O3S/c1-12-20(13(2)24-23-12)29(26,27)25-14-7-8-15(25)10-16(9-14)28-19-11-21-17-5-3-4-6-18(17)22-19/h3-6,11,14-16H,7-10H2,1-2H3,(H,23,24)/t14-,15+,16+. The molecule has 2 bridgehead atoms. The van der Waals surface area contributed by atoms with Gasteiger partial charge in [0.2, 0.25) is 15.9 Å². The summed E-state index contributed by atoms with van der Waals surface area (Å²) in [5.74, 6) is 0.492. The number of sulfonamides is 1. The number of nitrogens with zero attached hydrogens (tertiary/aromatic N) is 4. The molecule has 0 radical (unpaired) electrons.